The van der Waals surface area contributed by atoms with E-state index >= 15 is 0 Å². The van der Waals surface area contributed by atoms with E-state index in [1.54, 1.807) is 6.92 Å². The Morgan fingerprint density at radius 2 is 1.18 bits per heavy atom. The number of hydrogen-bond acceptors (Lipinski definition) is 6. The van der Waals surface area contributed by atoms with Crippen LogP contribution in [0.25, 0.3) is 0 Å². The van der Waals surface area contributed by atoms with Gasteiger partial charge in [0.1, 0.15) is 0 Å². The van der Waals surface area contributed by atoms with Gasteiger partial charge in [0.2, 0.25) is 0 Å². The van der Waals surface area contributed by atoms with Gasteiger partial charge in [-0.3, -0.25) is 9.59 Å². The van der Waals surface area contributed by atoms with Crippen molar-refractivity contribution < 1.29 is 65.7 Å². The van der Waals surface area contributed by atoms with Gasteiger partial charge in [-0.25, -0.2) is 0 Å². The Bertz CT molecular complexity index is 175. The van der Waals surface area contributed by atoms with Crippen LogP contribution in [0, 0.1) is 6.92 Å². The fourth-order valence-electron chi connectivity index (χ4n) is 0.480. The molecule has 0 aromatic carbocycles. The van der Waals surface area contributed by atoms with Crippen molar-refractivity contribution in [3.8, 4) is 0 Å². The standard InChI is InChI=1S/C6H8O6.C2H5.BrH.Mg.Zn/c1-11-5(9)3(7)4(8)6(10)12-2;1-2;;;/h3-4H,1-2H3;1H2,2H3;1H;;/q-2;;;+2;/p-1/t3-,4-;;;;/m1..../s1. The number of esters is 2. The van der Waals surface area contributed by atoms with Gasteiger partial charge in [-0.05, 0) is 12.2 Å². The fourth-order valence-corrected chi connectivity index (χ4v) is 0.480. The largest absolute Gasteiger partial charge is 2.00 e. The Morgan fingerprint density at radius 1 is 1.00 bits per heavy atom. The van der Waals surface area contributed by atoms with Crippen LogP contribution >= 0.6 is 0 Å². The summed E-state index contributed by atoms with van der Waals surface area (Å²) < 4.78 is 7.94. The fraction of sp³-hybridized carbons (Fsp3) is 0.625. The van der Waals surface area contributed by atoms with Crippen LogP contribution in [0.2, 0.25) is 0 Å². The monoisotopic (exact) mass is 372 g/mol. The average Bonchev–Trinajstić information content (AvgIpc) is 2.27. The van der Waals surface area contributed by atoms with E-state index in [4.69, 9.17) is 0 Å². The molecule has 0 fully saturated rings. The molecule has 17 heavy (non-hydrogen) atoms. The van der Waals surface area contributed by atoms with Crippen molar-refractivity contribution in [1.29, 1.82) is 0 Å². The van der Waals surface area contributed by atoms with Crippen LogP contribution in [0.3, 0.4) is 0 Å². The van der Waals surface area contributed by atoms with E-state index in [1.807, 2.05) is 0 Å². The number of carbonyl (C=O) groups is 2. The van der Waals surface area contributed by atoms with Crippen molar-refractivity contribution in [3.63, 3.8) is 0 Å². The molecule has 0 spiro atoms. The SMILES string of the molecule is COC(=O)[C@H]([O-])[C@@H]([O-])C(=O)OC.[Br-].[CH2]C.[Mg+2].[Zn]. The zero-order chi connectivity index (χ0) is 11.7. The minimum absolute atomic E-state index is 0. The molecule has 0 aromatic heterocycles. The van der Waals surface area contributed by atoms with E-state index in [-0.39, 0.29) is 59.5 Å². The third-order valence-electron chi connectivity index (χ3n) is 1.14. The van der Waals surface area contributed by atoms with Crippen LogP contribution < -0.4 is 27.2 Å². The molecule has 0 aliphatic heterocycles. The molecule has 0 saturated carbocycles. The minimum Gasteiger partial charge on any atom is -1.00 e. The Hall–Kier alpha value is 0.730. The third kappa shape index (κ3) is 13.0. The van der Waals surface area contributed by atoms with Gasteiger partial charge < -0.3 is 36.7 Å². The second-order valence-corrected chi connectivity index (χ2v) is 1.89. The van der Waals surface area contributed by atoms with Crippen LogP contribution in [0.4, 0.5) is 0 Å². The maximum atomic E-state index is 10.7. The normalized spacial score (nSPS) is 10.7. The van der Waals surface area contributed by atoms with Crippen LogP contribution in [0.1, 0.15) is 6.92 Å². The zero-order valence-corrected chi connectivity index (χ0v) is 16.1. The Labute approximate surface area is 140 Å². The Balaban J connectivity index is -0.0000000907. The number of hydrogen-bond donors (Lipinski definition) is 0. The molecular formula is C8H13BrMgO6Zn-. The summed E-state index contributed by atoms with van der Waals surface area (Å²) in [6, 6.07) is 0. The van der Waals surface area contributed by atoms with Crippen molar-refractivity contribution in [1.82, 2.24) is 0 Å². The van der Waals surface area contributed by atoms with Crippen LogP contribution in [-0.2, 0) is 38.5 Å². The third-order valence-corrected chi connectivity index (χ3v) is 1.14. The van der Waals surface area contributed by atoms with Crippen LogP contribution in [-0.4, -0.2) is 61.4 Å². The maximum Gasteiger partial charge on any atom is 2.00 e. The number of halogens is 1. The summed E-state index contributed by atoms with van der Waals surface area (Å²) in [6.45, 7) is 5.00. The minimum atomic E-state index is -2.26. The first-order valence-electron chi connectivity index (χ1n) is 3.72. The van der Waals surface area contributed by atoms with Crippen molar-refractivity contribution in [2.75, 3.05) is 14.2 Å². The van der Waals surface area contributed by atoms with Crippen molar-refractivity contribution in [2.24, 2.45) is 0 Å². The molecule has 2 atom stereocenters. The van der Waals surface area contributed by atoms with Crippen molar-refractivity contribution >= 4 is 35.0 Å². The summed E-state index contributed by atoms with van der Waals surface area (Å²) in [5.74, 6) is -2.53. The average molecular weight is 375 g/mol. The quantitative estimate of drug-likeness (QED) is 0.360. The molecule has 0 rings (SSSR count). The summed E-state index contributed by atoms with van der Waals surface area (Å²) in [5, 5.41) is 21.3. The molecule has 0 aliphatic rings. The predicted octanol–water partition coefficient (Wildman–Crippen LogP) is -5.75. The van der Waals surface area contributed by atoms with Gasteiger partial charge >= 0.3 is 23.1 Å². The van der Waals surface area contributed by atoms with E-state index in [0.717, 1.165) is 14.2 Å². The van der Waals surface area contributed by atoms with E-state index in [0.29, 0.717) is 0 Å². The van der Waals surface area contributed by atoms with Crippen molar-refractivity contribution in [2.45, 2.75) is 19.1 Å². The molecule has 0 saturated heterocycles. The first-order valence-corrected chi connectivity index (χ1v) is 3.72. The van der Waals surface area contributed by atoms with Gasteiger partial charge in [-0.1, -0.05) is 13.8 Å². The van der Waals surface area contributed by atoms with Gasteiger partial charge in [-0.15, -0.1) is 0 Å². The molecule has 0 unspecified atom stereocenters. The summed E-state index contributed by atoms with van der Waals surface area (Å²) >= 11 is 0. The zero-order valence-electron chi connectivity index (χ0n) is 10.1. The predicted molar refractivity (Wildman–Crippen MR) is 48.4 cm³/mol. The summed E-state index contributed by atoms with van der Waals surface area (Å²) in [7, 11) is 1.91. The molecule has 0 aromatic rings. The Morgan fingerprint density at radius 3 is 1.29 bits per heavy atom. The number of carbonyl (C=O) groups excluding carboxylic acids is 2. The van der Waals surface area contributed by atoms with Gasteiger partial charge in [-0.2, -0.15) is 0 Å². The number of methoxy groups -OCH3 is 2. The Kier molecular flexibility index (Phi) is 34.4. The van der Waals surface area contributed by atoms with Gasteiger partial charge in [0.15, 0.2) is 0 Å². The summed E-state index contributed by atoms with van der Waals surface area (Å²) in [5.41, 5.74) is 0. The molecule has 0 bridgehead atoms. The molecule has 0 heterocycles. The van der Waals surface area contributed by atoms with Gasteiger partial charge in [0.05, 0.1) is 14.2 Å². The number of rotatable bonds is 3. The molecule has 6 nitrogen and oxygen atoms in total. The molecule has 0 amide bonds. The second kappa shape index (κ2) is 19.1. The molecule has 0 N–H and O–H groups in total. The molecule has 9 heteroatoms. The van der Waals surface area contributed by atoms with E-state index in [9.17, 15) is 19.8 Å². The van der Waals surface area contributed by atoms with Gasteiger partial charge in [0, 0.05) is 19.5 Å². The van der Waals surface area contributed by atoms with Crippen LogP contribution in [0.15, 0.2) is 0 Å². The van der Waals surface area contributed by atoms with Gasteiger partial charge in [0.25, 0.3) is 11.9 Å². The molecule has 93 valence electrons. The maximum absolute atomic E-state index is 10.7. The summed E-state index contributed by atoms with van der Waals surface area (Å²) in [4.78, 5) is 20.9. The molecule has 1 radical (unpaired) electrons. The van der Waals surface area contributed by atoms with E-state index in [2.05, 4.69) is 16.4 Å². The first-order chi connectivity index (χ1) is 6.54. The molecular weight excluding hydrogens is 362 g/mol. The van der Waals surface area contributed by atoms with E-state index in [1.165, 1.54) is 0 Å². The number of ether oxygens (including phenoxy) is 2. The van der Waals surface area contributed by atoms with Crippen molar-refractivity contribution in [3.05, 3.63) is 6.92 Å². The van der Waals surface area contributed by atoms with E-state index < -0.39 is 24.1 Å². The topological polar surface area (TPSA) is 98.7 Å². The second-order valence-electron chi connectivity index (χ2n) is 1.89. The first kappa shape index (κ1) is 30.6. The smallest absolute Gasteiger partial charge is 1.00 e. The van der Waals surface area contributed by atoms with Crippen LogP contribution in [0.5, 0.6) is 0 Å². The molecule has 0 aliphatic carbocycles. The summed E-state index contributed by atoms with van der Waals surface area (Å²) in [6.07, 6.45) is -4.52.